The van der Waals surface area contributed by atoms with Crippen LogP contribution in [0.5, 0.6) is 5.75 Å². The fourth-order valence-electron chi connectivity index (χ4n) is 3.16. The van der Waals surface area contributed by atoms with Crippen LogP contribution in [0.2, 0.25) is 0 Å². The van der Waals surface area contributed by atoms with E-state index in [9.17, 15) is 4.79 Å². The molecule has 0 radical (unpaired) electrons. The van der Waals surface area contributed by atoms with E-state index in [-0.39, 0.29) is 5.91 Å². The molecule has 0 spiro atoms. The summed E-state index contributed by atoms with van der Waals surface area (Å²) in [5, 5.41) is 7.18. The lowest BCUT2D eigenvalue weighted by atomic mass is 10.1. The number of ether oxygens (including phenoxy) is 1. The van der Waals surface area contributed by atoms with Crippen molar-refractivity contribution in [1.82, 2.24) is 10.2 Å². The second kappa shape index (κ2) is 6.43. The summed E-state index contributed by atoms with van der Waals surface area (Å²) in [6.45, 7) is 3.29. The Morgan fingerprint density at radius 2 is 2.00 bits per heavy atom. The lowest BCUT2D eigenvalue weighted by Crippen LogP contribution is -2.29. The van der Waals surface area contributed by atoms with Crippen molar-refractivity contribution in [2.24, 2.45) is 0 Å². The molecular formula is C20H19N3O2. The first-order chi connectivity index (χ1) is 12.3. The van der Waals surface area contributed by atoms with E-state index in [1.54, 1.807) is 6.07 Å². The molecule has 1 aliphatic rings. The second-order valence-electron chi connectivity index (χ2n) is 5.96. The van der Waals surface area contributed by atoms with Gasteiger partial charge in [0.05, 0.1) is 12.3 Å². The molecule has 2 aromatic carbocycles. The van der Waals surface area contributed by atoms with Crippen LogP contribution in [0.15, 0.2) is 54.6 Å². The number of benzene rings is 2. The topological polar surface area (TPSA) is 58.2 Å². The Morgan fingerprint density at radius 3 is 2.80 bits per heavy atom. The Kier molecular flexibility index (Phi) is 3.98. The van der Waals surface area contributed by atoms with Crippen molar-refractivity contribution in [3.05, 3.63) is 65.9 Å². The number of hydrogen-bond acceptors (Lipinski definition) is 3. The number of rotatable bonds is 4. The number of amides is 1. The van der Waals surface area contributed by atoms with Gasteiger partial charge in [0.2, 0.25) is 0 Å². The van der Waals surface area contributed by atoms with Gasteiger partial charge in [-0.25, -0.2) is 0 Å². The highest BCUT2D eigenvalue weighted by Gasteiger charge is 2.26. The van der Waals surface area contributed by atoms with E-state index in [0.717, 1.165) is 29.1 Å². The summed E-state index contributed by atoms with van der Waals surface area (Å²) in [6.07, 6.45) is 0.891. The molecule has 0 atom stereocenters. The Labute approximate surface area is 146 Å². The number of carbonyl (C=O) groups excluding carboxylic acids is 1. The Hall–Kier alpha value is -3.08. The number of hydrogen-bond donors (Lipinski definition) is 1. The third-order valence-electron chi connectivity index (χ3n) is 4.40. The van der Waals surface area contributed by atoms with Crippen LogP contribution in [0.3, 0.4) is 0 Å². The number of H-pyrrole nitrogens is 1. The number of fused-ring (bicyclic) bond motifs is 1. The molecule has 126 valence electrons. The zero-order chi connectivity index (χ0) is 17.2. The zero-order valence-corrected chi connectivity index (χ0v) is 14.0. The quantitative estimate of drug-likeness (QED) is 0.792. The SMILES string of the molecule is CCOc1ccc(-c2cc(C(=O)N3CCc4ccccc43)[nH]n2)cc1. The van der Waals surface area contributed by atoms with E-state index in [1.165, 1.54) is 5.56 Å². The Morgan fingerprint density at radius 1 is 1.20 bits per heavy atom. The van der Waals surface area contributed by atoms with Crippen LogP contribution >= 0.6 is 0 Å². The fraction of sp³-hybridized carbons (Fsp3) is 0.200. The van der Waals surface area contributed by atoms with E-state index in [0.29, 0.717) is 18.8 Å². The van der Waals surface area contributed by atoms with Gasteiger partial charge in [-0.05, 0) is 55.3 Å². The number of aromatic nitrogens is 2. The third-order valence-corrected chi connectivity index (χ3v) is 4.40. The van der Waals surface area contributed by atoms with Crippen molar-refractivity contribution in [1.29, 1.82) is 0 Å². The van der Waals surface area contributed by atoms with Gasteiger partial charge >= 0.3 is 0 Å². The van der Waals surface area contributed by atoms with E-state index in [1.807, 2.05) is 54.3 Å². The standard InChI is InChI=1S/C20H19N3O2/c1-2-25-16-9-7-14(8-10-16)17-13-18(22-21-17)20(24)23-12-11-15-5-3-4-6-19(15)23/h3-10,13H,2,11-12H2,1H3,(H,21,22). The van der Waals surface area contributed by atoms with Crippen molar-refractivity contribution in [3.63, 3.8) is 0 Å². The summed E-state index contributed by atoms with van der Waals surface area (Å²) in [4.78, 5) is 14.6. The van der Waals surface area contributed by atoms with Crippen LogP contribution < -0.4 is 9.64 Å². The number of nitrogens with one attached hydrogen (secondary N) is 1. The molecule has 1 amide bonds. The normalized spacial score (nSPS) is 12.9. The molecule has 0 aliphatic carbocycles. The average molecular weight is 333 g/mol. The first kappa shape index (κ1) is 15.4. The molecule has 1 N–H and O–H groups in total. The molecule has 5 nitrogen and oxygen atoms in total. The molecule has 2 heterocycles. The average Bonchev–Trinajstić information content (AvgIpc) is 3.30. The number of para-hydroxylation sites is 1. The number of aromatic amines is 1. The first-order valence-electron chi connectivity index (χ1n) is 8.44. The minimum atomic E-state index is -0.0466. The highest BCUT2D eigenvalue weighted by atomic mass is 16.5. The van der Waals surface area contributed by atoms with Crippen LogP contribution in [0.25, 0.3) is 11.3 Å². The summed E-state index contributed by atoms with van der Waals surface area (Å²) >= 11 is 0. The summed E-state index contributed by atoms with van der Waals surface area (Å²) in [5.74, 6) is 0.779. The van der Waals surface area contributed by atoms with Crippen molar-refractivity contribution in [2.75, 3.05) is 18.1 Å². The monoisotopic (exact) mass is 333 g/mol. The fourth-order valence-corrected chi connectivity index (χ4v) is 3.16. The van der Waals surface area contributed by atoms with Crippen LogP contribution in [0.1, 0.15) is 23.0 Å². The van der Waals surface area contributed by atoms with Crippen molar-refractivity contribution < 1.29 is 9.53 Å². The van der Waals surface area contributed by atoms with Gasteiger partial charge < -0.3 is 9.64 Å². The summed E-state index contributed by atoms with van der Waals surface area (Å²) < 4.78 is 5.45. The summed E-state index contributed by atoms with van der Waals surface area (Å²) in [5.41, 5.74) is 4.40. The molecule has 0 saturated carbocycles. The van der Waals surface area contributed by atoms with Crippen molar-refractivity contribution >= 4 is 11.6 Å². The van der Waals surface area contributed by atoms with Crippen molar-refractivity contribution in [2.45, 2.75) is 13.3 Å². The second-order valence-corrected chi connectivity index (χ2v) is 5.96. The van der Waals surface area contributed by atoms with Gasteiger partial charge in [0.1, 0.15) is 11.4 Å². The van der Waals surface area contributed by atoms with E-state index in [2.05, 4.69) is 16.3 Å². The van der Waals surface area contributed by atoms with Crippen LogP contribution in [0, 0.1) is 0 Å². The first-order valence-corrected chi connectivity index (χ1v) is 8.44. The van der Waals surface area contributed by atoms with Gasteiger partial charge in [-0.1, -0.05) is 18.2 Å². The van der Waals surface area contributed by atoms with Gasteiger partial charge in [0, 0.05) is 17.8 Å². The Balaban J connectivity index is 1.56. The summed E-state index contributed by atoms with van der Waals surface area (Å²) in [7, 11) is 0. The van der Waals surface area contributed by atoms with Gasteiger partial charge in [0.15, 0.2) is 0 Å². The predicted octanol–water partition coefficient (Wildman–Crippen LogP) is 3.68. The van der Waals surface area contributed by atoms with E-state index < -0.39 is 0 Å². The lowest BCUT2D eigenvalue weighted by Gasteiger charge is -2.15. The molecule has 0 saturated heterocycles. The number of nitrogens with zero attached hydrogens (tertiary/aromatic N) is 2. The van der Waals surface area contributed by atoms with Crippen molar-refractivity contribution in [3.8, 4) is 17.0 Å². The highest BCUT2D eigenvalue weighted by Crippen LogP contribution is 2.29. The maximum Gasteiger partial charge on any atom is 0.276 e. The predicted molar refractivity (Wildman–Crippen MR) is 97.0 cm³/mol. The van der Waals surface area contributed by atoms with Gasteiger partial charge in [0.25, 0.3) is 5.91 Å². The molecule has 0 bridgehead atoms. The van der Waals surface area contributed by atoms with Crippen LogP contribution in [-0.2, 0) is 6.42 Å². The maximum absolute atomic E-state index is 12.8. The number of anilines is 1. The third kappa shape index (κ3) is 2.89. The van der Waals surface area contributed by atoms with Gasteiger partial charge in [-0.15, -0.1) is 0 Å². The molecule has 4 rings (SSSR count). The van der Waals surface area contributed by atoms with E-state index in [4.69, 9.17) is 4.74 Å². The largest absolute Gasteiger partial charge is 0.494 e. The Bertz CT molecular complexity index is 899. The van der Waals surface area contributed by atoms with Crippen LogP contribution in [0.4, 0.5) is 5.69 Å². The minimum absolute atomic E-state index is 0.0466. The molecular weight excluding hydrogens is 314 g/mol. The molecule has 25 heavy (non-hydrogen) atoms. The zero-order valence-electron chi connectivity index (χ0n) is 14.0. The molecule has 5 heteroatoms. The molecule has 1 aromatic heterocycles. The van der Waals surface area contributed by atoms with Gasteiger partial charge in [-0.3, -0.25) is 9.89 Å². The molecule has 3 aromatic rings. The molecule has 0 unspecified atom stereocenters. The minimum Gasteiger partial charge on any atom is -0.494 e. The summed E-state index contributed by atoms with van der Waals surface area (Å²) in [6, 6.07) is 17.5. The van der Waals surface area contributed by atoms with Crippen LogP contribution in [-0.4, -0.2) is 29.3 Å². The molecule has 0 fully saturated rings. The molecule has 1 aliphatic heterocycles. The smallest absolute Gasteiger partial charge is 0.276 e. The van der Waals surface area contributed by atoms with E-state index >= 15 is 0 Å². The lowest BCUT2D eigenvalue weighted by molar-refractivity contribution is 0.0984. The maximum atomic E-state index is 12.8. The van der Waals surface area contributed by atoms with Gasteiger partial charge in [-0.2, -0.15) is 5.10 Å². The highest BCUT2D eigenvalue weighted by molar-refractivity contribution is 6.06. The number of carbonyl (C=O) groups is 1.